The van der Waals surface area contributed by atoms with Crippen molar-refractivity contribution in [3.63, 3.8) is 0 Å². The van der Waals surface area contributed by atoms with Gasteiger partial charge in [0.1, 0.15) is 5.82 Å². The topological polar surface area (TPSA) is 38.8 Å². The molecule has 2 saturated heterocycles. The average Bonchev–Trinajstić information content (AvgIpc) is 3.15. The van der Waals surface area contributed by atoms with E-state index in [4.69, 9.17) is 0 Å². The molecule has 158 valence electrons. The summed E-state index contributed by atoms with van der Waals surface area (Å²) in [5, 5.41) is 2.90. The number of anilines is 2. The predicted octanol–water partition coefficient (Wildman–Crippen LogP) is 3.11. The molecule has 30 heavy (non-hydrogen) atoms. The number of carbonyl (C=O) groups is 1. The summed E-state index contributed by atoms with van der Waals surface area (Å²) in [7, 11) is 0. The molecule has 0 radical (unpaired) electrons. The van der Waals surface area contributed by atoms with Gasteiger partial charge in [0, 0.05) is 69.3 Å². The molecule has 1 N–H and O–H groups in total. The van der Waals surface area contributed by atoms with Crippen LogP contribution < -0.4 is 15.1 Å². The Morgan fingerprint density at radius 2 is 1.63 bits per heavy atom. The summed E-state index contributed by atoms with van der Waals surface area (Å²) in [6, 6.07) is 13.2. The van der Waals surface area contributed by atoms with Crippen molar-refractivity contribution in [1.29, 1.82) is 0 Å². The Morgan fingerprint density at radius 1 is 0.900 bits per heavy atom. The predicted molar refractivity (Wildman–Crippen MR) is 118 cm³/mol. The molecule has 3 aliphatic heterocycles. The van der Waals surface area contributed by atoms with Crippen molar-refractivity contribution < 1.29 is 9.18 Å². The highest BCUT2D eigenvalue weighted by molar-refractivity contribution is 5.98. The molecular weight excluding hydrogens is 379 g/mol. The van der Waals surface area contributed by atoms with Gasteiger partial charge in [-0.15, -0.1) is 0 Å². The van der Waals surface area contributed by atoms with Crippen LogP contribution >= 0.6 is 0 Å². The number of piperidine rings is 1. The van der Waals surface area contributed by atoms with Gasteiger partial charge in [0.15, 0.2) is 0 Å². The molecule has 0 aliphatic carbocycles. The fourth-order valence-electron chi connectivity index (χ4n) is 5.02. The first-order valence-corrected chi connectivity index (χ1v) is 11.0. The number of hydrogen-bond acceptors (Lipinski definition) is 4. The molecule has 0 atom stereocenters. The van der Waals surface area contributed by atoms with Crippen LogP contribution in [-0.4, -0.2) is 56.6 Å². The highest BCUT2D eigenvalue weighted by Gasteiger charge is 2.25. The molecule has 2 fully saturated rings. The van der Waals surface area contributed by atoms with Crippen molar-refractivity contribution in [2.24, 2.45) is 5.92 Å². The van der Waals surface area contributed by atoms with E-state index in [0.717, 1.165) is 68.5 Å². The smallest absolute Gasteiger partial charge is 0.251 e. The molecule has 1 amide bonds. The zero-order chi connectivity index (χ0) is 20.5. The number of rotatable bonds is 4. The lowest BCUT2D eigenvalue weighted by Crippen LogP contribution is -2.49. The monoisotopic (exact) mass is 408 g/mol. The fraction of sp³-hybridized carbons (Fsp3) is 0.458. The third-order valence-electron chi connectivity index (χ3n) is 6.81. The van der Waals surface area contributed by atoms with E-state index in [1.165, 1.54) is 24.6 Å². The number of piperazine rings is 1. The first-order valence-electron chi connectivity index (χ1n) is 11.0. The molecule has 0 bridgehead atoms. The van der Waals surface area contributed by atoms with E-state index in [0.29, 0.717) is 6.54 Å². The van der Waals surface area contributed by atoms with E-state index in [1.54, 1.807) is 12.1 Å². The van der Waals surface area contributed by atoms with E-state index in [1.807, 2.05) is 12.1 Å². The maximum absolute atomic E-state index is 13.5. The van der Waals surface area contributed by atoms with Crippen LogP contribution in [0.3, 0.4) is 0 Å². The quantitative estimate of drug-likeness (QED) is 0.844. The first-order chi connectivity index (χ1) is 14.7. The largest absolute Gasteiger partial charge is 0.371 e. The van der Waals surface area contributed by atoms with Gasteiger partial charge >= 0.3 is 0 Å². The summed E-state index contributed by atoms with van der Waals surface area (Å²) in [5.41, 5.74) is 4.17. The normalized spacial score (nSPS) is 20.4. The van der Waals surface area contributed by atoms with Crippen LogP contribution in [0.15, 0.2) is 42.5 Å². The van der Waals surface area contributed by atoms with E-state index in [9.17, 15) is 9.18 Å². The molecule has 5 nitrogen and oxygen atoms in total. The molecule has 0 unspecified atom stereocenters. The van der Waals surface area contributed by atoms with Gasteiger partial charge in [-0.3, -0.25) is 9.69 Å². The van der Waals surface area contributed by atoms with Gasteiger partial charge < -0.3 is 15.1 Å². The SMILES string of the molecule is O=C1NCc2cc(N3CCN(CC4CCN(c5cccc(F)c5)CC4)CC3)ccc21. The Morgan fingerprint density at radius 3 is 2.40 bits per heavy atom. The second kappa shape index (κ2) is 8.26. The van der Waals surface area contributed by atoms with Gasteiger partial charge in [0.2, 0.25) is 0 Å². The summed E-state index contributed by atoms with van der Waals surface area (Å²) >= 11 is 0. The second-order valence-electron chi connectivity index (χ2n) is 8.72. The Hall–Kier alpha value is -2.60. The van der Waals surface area contributed by atoms with Crippen molar-refractivity contribution in [1.82, 2.24) is 10.2 Å². The summed E-state index contributed by atoms with van der Waals surface area (Å²) in [6.45, 7) is 8.05. The maximum Gasteiger partial charge on any atom is 0.251 e. The standard InChI is InChI=1S/C24H29FN4O/c25-20-2-1-3-21(15-20)28-8-6-18(7-9-28)17-27-10-12-29(13-11-27)22-4-5-23-19(14-22)16-26-24(23)30/h1-5,14-15,18H,6-13,16-17H2,(H,26,30). The minimum atomic E-state index is -0.154. The molecule has 2 aromatic rings. The Labute approximate surface area is 177 Å². The van der Waals surface area contributed by atoms with Gasteiger partial charge in [0.05, 0.1) is 0 Å². The van der Waals surface area contributed by atoms with E-state index < -0.39 is 0 Å². The molecule has 3 heterocycles. The maximum atomic E-state index is 13.5. The van der Waals surface area contributed by atoms with Crippen LogP contribution in [0.5, 0.6) is 0 Å². The van der Waals surface area contributed by atoms with Crippen LogP contribution in [-0.2, 0) is 6.54 Å². The van der Waals surface area contributed by atoms with Crippen molar-refractivity contribution >= 4 is 17.3 Å². The summed E-state index contributed by atoms with van der Waals surface area (Å²) in [5.74, 6) is 0.613. The lowest BCUT2D eigenvalue weighted by Gasteiger charge is -2.40. The van der Waals surface area contributed by atoms with Crippen molar-refractivity contribution in [2.45, 2.75) is 19.4 Å². The van der Waals surface area contributed by atoms with Gasteiger partial charge in [-0.05, 0) is 60.7 Å². The van der Waals surface area contributed by atoms with Crippen LogP contribution in [0, 0.1) is 11.7 Å². The summed E-state index contributed by atoms with van der Waals surface area (Å²) in [4.78, 5) is 19.1. The van der Waals surface area contributed by atoms with Crippen LogP contribution in [0.4, 0.5) is 15.8 Å². The molecule has 6 heteroatoms. The number of fused-ring (bicyclic) bond motifs is 1. The van der Waals surface area contributed by atoms with Gasteiger partial charge in [-0.25, -0.2) is 4.39 Å². The molecule has 0 spiro atoms. The third-order valence-corrected chi connectivity index (χ3v) is 6.81. The highest BCUT2D eigenvalue weighted by atomic mass is 19.1. The average molecular weight is 409 g/mol. The summed E-state index contributed by atoms with van der Waals surface area (Å²) < 4.78 is 13.5. The van der Waals surface area contributed by atoms with Crippen LogP contribution in [0.1, 0.15) is 28.8 Å². The van der Waals surface area contributed by atoms with E-state index in [2.05, 4.69) is 32.1 Å². The number of nitrogens with one attached hydrogen (secondary N) is 1. The number of amides is 1. The molecule has 0 saturated carbocycles. The molecule has 5 rings (SSSR count). The van der Waals surface area contributed by atoms with Crippen molar-refractivity contribution in [3.05, 3.63) is 59.4 Å². The fourth-order valence-corrected chi connectivity index (χ4v) is 5.02. The number of halogens is 1. The third kappa shape index (κ3) is 4.01. The molecule has 3 aliphatic rings. The Kier molecular flexibility index (Phi) is 5.34. The van der Waals surface area contributed by atoms with Crippen LogP contribution in [0.2, 0.25) is 0 Å². The number of hydrogen-bond donors (Lipinski definition) is 1. The zero-order valence-electron chi connectivity index (χ0n) is 17.3. The van der Waals surface area contributed by atoms with Gasteiger partial charge in [-0.2, -0.15) is 0 Å². The Bertz CT molecular complexity index is 917. The number of benzene rings is 2. The van der Waals surface area contributed by atoms with Gasteiger partial charge in [-0.1, -0.05) is 6.07 Å². The van der Waals surface area contributed by atoms with Gasteiger partial charge in [0.25, 0.3) is 5.91 Å². The van der Waals surface area contributed by atoms with Crippen molar-refractivity contribution in [2.75, 3.05) is 55.6 Å². The lowest BCUT2D eigenvalue weighted by atomic mass is 9.95. The Balaban J connectivity index is 1.10. The molecule has 0 aromatic heterocycles. The summed E-state index contributed by atoms with van der Waals surface area (Å²) in [6.07, 6.45) is 2.34. The van der Waals surface area contributed by atoms with E-state index >= 15 is 0 Å². The first kappa shape index (κ1) is 19.4. The zero-order valence-corrected chi connectivity index (χ0v) is 17.3. The lowest BCUT2D eigenvalue weighted by molar-refractivity contribution is 0.0966. The molecule has 2 aromatic carbocycles. The molecular formula is C24H29FN4O. The minimum absolute atomic E-state index is 0.0461. The minimum Gasteiger partial charge on any atom is -0.371 e. The van der Waals surface area contributed by atoms with E-state index in [-0.39, 0.29) is 11.7 Å². The van der Waals surface area contributed by atoms with Crippen LogP contribution in [0.25, 0.3) is 0 Å². The number of carbonyl (C=O) groups excluding carboxylic acids is 1. The second-order valence-corrected chi connectivity index (χ2v) is 8.72. The van der Waals surface area contributed by atoms with Crippen molar-refractivity contribution in [3.8, 4) is 0 Å². The number of nitrogens with zero attached hydrogens (tertiary/aromatic N) is 3. The highest BCUT2D eigenvalue weighted by Crippen LogP contribution is 2.26.